The van der Waals surface area contributed by atoms with Gasteiger partial charge in [-0.05, 0) is 20.3 Å². The fourth-order valence-electron chi connectivity index (χ4n) is 1.91. The van der Waals surface area contributed by atoms with Gasteiger partial charge in [0.1, 0.15) is 9.84 Å². The molecule has 0 fully saturated rings. The fraction of sp³-hybridized carbons (Fsp3) is 0.750. The van der Waals surface area contributed by atoms with Gasteiger partial charge in [0.25, 0.3) is 5.91 Å². The van der Waals surface area contributed by atoms with Crippen molar-refractivity contribution in [2.75, 3.05) is 25.2 Å². The molecule has 20 heavy (non-hydrogen) atoms. The summed E-state index contributed by atoms with van der Waals surface area (Å²) >= 11 is 0. The van der Waals surface area contributed by atoms with Crippen LogP contribution in [0.25, 0.3) is 0 Å². The molecule has 1 rings (SSSR count). The summed E-state index contributed by atoms with van der Waals surface area (Å²) in [6.07, 6.45) is 1.60. The lowest BCUT2D eigenvalue weighted by molar-refractivity contribution is -0.143. The second-order valence-corrected chi connectivity index (χ2v) is 6.99. The van der Waals surface area contributed by atoms with E-state index in [1.165, 1.54) is 5.01 Å². The zero-order chi connectivity index (χ0) is 15.3. The van der Waals surface area contributed by atoms with Crippen LogP contribution in [0.5, 0.6) is 0 Å². The third-order valence-electron chi connectivity index (χ3n) is 2.95. The number of ether oxygens (including phenoxy) is 1. The van der Waals surface area contributed by atoms with E-state index in [4.69, 9.17) is 4.74 Å². The topological polar surface area (TPSA) is 93.1 Å². The monoisotopic (exact) mass is 304 g/mol. The van der Waals surface area contributed by atoms with Crippen molar-refractivity contribution in [3.63, 3.8) is 0 Å². The molecule has 0 aromatic carbocycles. The number of esters is 1. The molecular weight excluding hydrogens is 284 g/mol. The van der Waals surface area contributed by atoms with E-state index in [0.717, 1.165) is 6.26 Å². The second kappa shape index (κ2) is 6.83. The van der Waals surface area contributed by atoms with Gasteiger partial charge in [0.2, 0.25) is 0 Å². The molecule has 114 valence electrons. The Bertz CT molecular complexity index is 512. The molecule has 0 saturated carbocycles. The Labute approximate surface area is 118 Å². The van der Waals surface area contributed by atoms with Crippen molar-refractivity contribution in [1.82, 2.24) is 5.01 Å². The van der Waals surface area contributed by atoms with Crippen molar-refractivity contribution < 1.29 is 22.7 Å². The van der Waals surface area contributed by atoms with E-state index < -0.39 is 15.8 Å². The first-order valence-electron chi connectivity index (χ1n) is 6.44. The quantitative estimate of drug-likeness (QED) is 0.627. The van der Waals surface area contributed by atoms with Crippen LogP contribution in [0.2, 0.25) is 0 Å². The predicted molar refractivity (Wildman–Crippen MR) is 73.9 cm³/mol. The van der Waals surface area contributed by atoms with Gasteiger partial charge in [0.05, 0.1) is 24.8 Å². The molecule has 0 saturated heterocycles. The molecule has 1 heterocycles. The molecule has 8 heteroatoms. The number of carbonyl (C=O) groups excluding carboxylic acids is 2. The molecule has 0 aromatic rings. The van der Waals surface area contributed by atoms with Crippen LogP contribution in [0.15, 0.2) is 5.10 Å². The van der Waals surface area contributed by atoms with Crippen molar-refractivity contribution in [2.24, 2.45) is 11.0 Å². The normalized spacial score (nSPS) is 19.1. The Morgan fingerprint density at radius 1 is 1.45 bits per heavy atom. The molecule has 0 radical (unpaired) electrons. The number of amides is 1. The maximum Gasteiger partial charge on any atom is 0.305 e. The van der Waals surface area contributed by atoms with E-state index in [9.17, 15) is 18.0 Å². The lowest BCUT2D eigenvalue weighted by Crippen LogP contribution is -2.31. The largest absolute Gasteiger partial charge is 0.466 e. The van der Waals surface area contributed by atoms with Crippen LogP contribution in [-0.4, -0.2) is 56.2 Å². The standard InChI is InChI=1S/C12H20N2O5S/c1-4-19-11(15)6-5-10-9(2)13-14(12(10)16)7-8-20(3,17)18/h10H,4-8H2,1-3H3. The first kappa shape index (κ1) is 16.6. The first-order valence-corrected chi connectivity index (χ1v) is 8.50. The summed E-state index contributed by atoms with van der Waals surface area (Å²) in [7, 11) is -3.14. The molecule has 1 aliphatic heterocycles. The molecule has 0 aromatic heterocycles. The zero-order valence-corrected chi connectivity index (χ0v) is 12.8. The van der Waals surface area contributed by atoms with Crippen LogP contribution in [0, 0.1) is 5.92 Å². The fourth-order valence-corrected chi connectivity index (χ4v) is 2.41. The summed E-state index contributed by atoms with van der Waals surface area (Å²) in [5, 5.41) is 5.23. The highest BCUT2D eigenvalue weighted by Crippen LogP contribution is 2.20. The van der Waals surface area contributed by atoms with E-state index in [2.05, 4.69) is 5.10 Å². The molecule has 1 aliphatic rings. The summed E-state index contributed by atoms with van der Waals surface area (Å²) in [5.74, 6) is -1.18. The van der Waals surface area contributed by atoms with E-state index in [0.29, 0.717) is 18.7 Å². The van der Waals surface area contributed by atoms with Crippen LogP contribution in [-0.2, 0) is 24.2 Å². The lowest BCUT2D eigenvalue weighted by atomic mass is 9.98. The molecule has 1 atom stereocenters. The van der Waals surface area contributed by atoms with Gasteiger partial charge in [-0.3, -0.25) is 9.59 Å². The van der Waals surface area contributed by atoms with Gasteiger partial charge in [0.15, 0.2) is 0 Å². The number of hydrogen-bond acceptors (Lipinski definition) is 6. The number of hydrazone groups is 1. The SMILES string of the molecule is CCOC(=O)CCC1C(=O)N(CCS(C)(=O)=O)N=C1C. The molecule has 7 nitrogen and oxygen atoms in total. The van der Waals surface area contributed by atoms with Gasteiger partial charge in [-0.2, -0.15) is 5.10 Å². The summed E-state index contributed by atoms with van der Waals surface area (Å²) < 4.78 is 27.0. The van der Waals surface area contributed by atoms with Crippen LogP contribution in [0.3, 0.4) is 0 Å². The second-order valence-electron chi connectivity index (χ2n) is 4.73. The van der Waals surface area contributed by atoms with Gasteiger partial charge in [-0.15, -0.1) is 0 Å². The number of sulfone groups is 1. The maximum atomic E-state index is 12.1. The number of rotatable bonds is 7. The van der Waals surface area contributed by atoms with Crippen molar-refractivity contribution in [3.05, 3.63) is 0 Å². The average Bonchev–Trinajstić information content (AvgIpc) is 2.59. The highest BCUT2D eigenvalue weighted by Gasteiger charge is 2.33. The van der Waals surface area contributed by atoms with Gasteiger partial charge >= 0.3 is 5.97 Å². The van der Waals surface area contributed by atoms with Crippen LogP contribution < -0.4 is 0 Å². The molecular formula is C12H20N2O5S. The van der Waals surface area contributed by atoms with Crippen molar-refractivity contribution in [1.29, 1.82) is 0 Å². The summed E-state index contributed by atoms with van der Waals surface area (Å²) in [6.45, 7) is 3.78. The third kappa shape index (κ3) is 4.92. The Balaban J connectivity index is 2.54. The van der Waals surface area contributed by atoms with Gasteiger partial charge in [-0.1, -0.05) is 0 Å². The molecule has 0 N–H and O–H groups in total. The molecule has 1 amide bonds. The minimum atomic E-state index is -3.14. The van der Waals surface area contributed by atoms with E-state index in [1.807, 2.05) is 0 Å². The molecule has 0 aliphatic carbocycles. The van der Waals surface area contributed by atoms with Gasteiger partial charge < -0.3 is 4.74 Å². The Hall–Kier alpha value is -1.44. The average molecular weight is 304 g/mol. The number of carbonyl (C=O) groups is 2. The zero-order valence-electron chi connectivity index (χ0n) is 12.0. The van der Waals surface area contributed by atoms with Crippen molar-refractivity contribution >= 4 is 27.4 Å². The minimum absolute atomic E-state index is 0.0465. The van der Waals surface area contributed by atoms with Crippen molar-refractivity contribution in [2.45, 2.75) is 26.7 Å². The highest BCUT2D eigenvalue weighted by atomic mass is 32.2. The summed E-state index contributed by atoms with van der Waals surface area (Å²) in [4.78, 5) is 23.4. The van der Waals surface area contributed by atoms with Gasteiger partial charge in [0, 0.05) is 18.4 Å². The maximum absolute atomic E-state index is 12.1. The summed E-state index contributed by atoms with van der Waals surface area (Å²) in [6, 6.07) is 0. The smallest absolute Gasteiger partial charge is 0.305 e. The number of nitrogens with zero attached hydrogens (tertiary/aromatic N) is 2. The Morgan fingerprint density at radius 3 is 2.65 bits per heavy atom. The molecule has 0 bridgehead atoms. The van der Waals surface area contributed by atoms with E-state index in [1.54, 1.807) is 13.8 Å². The van der Waals surface area contributed by atoms with Crippen molar-refractivity contribution in [3.8, 4) is 0 Å². The molecule has 1 unspecified atom stereocenters. The highest BCUT2D eigenvalue weighted by molar-refractivity contribution is 7.90. The van der Waals surface area contributed by atoms with Crippen LogP contribution in [0.4, 0.5) is 0 Å². The predicted octanol–water partition coefficient (Wildman–Crippen LogP) is 0.209. The third-order valence-corrected chi connectivity index (χ3v) is 3.88. The lowest BCUT2D eigenvalue weighted by Gasteiger charge is -2.13. The van der Waals surface area contributed by atoms with Crippen LogP contribution >= 0.6 is 0 Å². The Kier molecular flexibility index (Phi) is 5.67. The van der Waals surface area contributed by atoms with Crippen LogP contribution in [0.1, 0.15) is 26.7 Å². The summed E-state index contributed by atoms with van der Waals surface area (Å²) in [5.41, 5.74) is 0.604. The molecule has 0 spiro atoms. The Morgan fingerprint density at radius 2 is 2.10 bits per heavy atom. The van der Waals surface area contributed by atoms with E-state index in [-0.39, 0.29) is 30.6 Å². The minimum Gasteiger partial charge on any atom is -0.466 e. The number of hydrogen-bond donors (Lipinski definition) is 0. The van der Waals surface area contributed by atoms with E-state index >= 15 is 0 Å². The first-order chi connectivity index (χ1) is 9.24. The van der Waals surface area contributed by atoms with Gasteiger partial charge in [-0.25, -0.2) is 13.4 Å².